The van der Waals surface area contributed by atoms with Crippen molar-refractivity contribution in [2.75, 3.05) is 17.2 Å². The zero-order chi connectivity index (χ0) is 19.9. The molecule has 0 saturated carbocycles. The Bertz CT molecular complexity index is 918. The first-order valence-corrected chi connectivity index (χ1v) is 9.68. The van der Waals surface area contributed by atoms with Gasteiger partial charge in [0.1, 0.15) is 0 Å². The fraction of sp³-hybridized carbons (Fsp3) is 0.250. The van der Waals surface area contributed by atoms with Gasteiger partial charge in [-0.05, 0) is 60.9 Å². The molecule has 4 nitrogen and oxygen atoms in total. The Morgan fingerprint density at radius 1 is 1.00 bits per heavy atom. The van der Waals surface area contributed by atoms with Crippen LogP contribution >= 0.6 is 0 Å². The summed E-state index contributed by atoms with van der Waals surface area (Å²) in [5.41, 5.74) is 5.85. The van der Waals surface area contributed by atoms with E-state index < -0.39 is 0 Å². The van der Waals surface area contributed by atoms with Crippen LogP contribution < -0.4 is 10.6 Å². The Labute approximate surface area is 167 Å². The number of rotatable bonds is 7. The predicted molar refractivity (Wildman–Crippen MR) is 116 cm³/mol. The van der Waals surface area contributed by atoms with Gasteiger partial charge in [0.15, 0.2) is 0 Å². The number of nitrogens with one attached hydrogen (secondary N) is 2. The van der Waals surface area contributed by atoms with Crippen LogP contribution in [-0.2, 0) is 6.42 Å². The third-order valence-electron chi connectivity index (χ3n) is 4.65. The molecule has 1 amide bonds. The summed E-state index contributed by atoms with van der Waals surface area (Å²) in [6, 6.07) is 19.7. The number of hydrogen-bond acceptors (Lipinski definition) is 3. The van der Waals surface area contributed by atoms with Gasteiger partial charge >= 0.3 is 0 Å². The van der Waals surface area contributed by atoms with Crippen molar-refractivity contribution in [2.45, 2.75) is 33.1 Å². The van der Waals surface area contributed by atoms with E-state index >= 15 is 0 Å². The highest BCUT2D eigenvalue weighted by Crippen LogP contribution is 2.22. The largest absolute Gasteiger partial charge is 0.385 e. The molecule has 0 aliphatic heterocycles. The Balaban J connectivity index is 1.59. The van der Waals surface area contributed by atoms with E-state index in [9.17, 15) is 4.79 Å². The number of aromatic nitrogens is 1. The maximum Gasteiger partial charge on any atom is 0.255 e. The minimum absolute atomic E-state index is 0.0699. The minimum atomic E-state index is -0.0699. The van der Waals surface area contributed by atoms with Crippen LogP contribution in [0.2, 0.25) is 0 Å². The van der Waals surface area contributed by atoms with Crippen LogP contribution in [0, 0.1) is 6.92 Å². The zero-order valence-electron chi connectivity index (χ0n) is 16.7. The molecule has 0 fully saturated rings. The van der Waals surface area contributed by atoms with Gasteiger partial charge in [-0.3, -0.25) is 9.78 Å². The number of aryl methyl sites for hydroxylation is 1. The van der Waals surface area contributed by atoms with Gasteiger partial charge in [0, 0.05) is 41.8 Å². The number of nitrogens with zero attached hydrogens (tertiary/aromatic N) is 1. The van der Waals surface area contributed by atoms with Gasteiger partial charge < -0.3 is 10.6 Å². The number of hydrogen-bond donors (Lipinski definition) is 2. The third-order valence-corrected chi connectivity index (χ3v) is 4.65. The van der Waals surface area contributed by atoms with Crippen LogP contribution in [0.5, 0.6) is 0 Å². The van der Waals surface area contributed by atoms with Crippen LogP contribution in [0.25, 0.3) is 0 Å². The molecular weight excluding hydrogens is 346 g/mol. The number of carbonyl (C=O) groups is 1. The van der Waals surface area contributed by atoms with Crippen LogP contribution in [0.3, 0.4) is 0 Å². The van der Waals surface area contributed by atoms with E-state index in [1.54, 1.807) is 0 Å². The monoisotopic (exact) mass is 373 g/mol. The molecule has 0 spiro atoms. The molecular formula is C24H27N3O. The summed E-state index contributed by atoms with van der Waals surface area (Å²) in [6.07, 6.45) is 2.68. The predicted octanol–water partition coefficient (Wildman–Crippen LogP) is 5.42. The SMILES string of the molecule is Cc1ccc(C(=O)Nc2ccc(NCCc3ccccn3)cc2)c(C(C)C)c1. The molecule has 4 heteroatoms. The lowest BCUT2D eigenvalue weighted by Gasteiger charge is -2.14. The van der Waals surface area contributed by atoms with Crippen molar-refractivity contribution in [3.05, 3.63) is 89.2 Å². The van der Waals surface area contributed by atoms with Crippen molar-refractivity contribution >= 4 is 17.3 Å². The zero-order valence-corrected chi connectivity index (χ0v) is 16.7. The Kier molecular flexibility index (Phi) is 6.43. The van der Waals surface area contributed by atoms with E-state index in [0.717, 1.165) is 41.2 Å². The highest BCUT2D eigenvalue weighted by Gasteiger charge is 2.14. The van der Waals surface area contributed by atoms with Gasteiger partial charge in [-0.1, -0.05) is 37.6 Å². The van der Waals surface area contributed by atoms with E-state index in [4.69, 9.17) is 0 Å². The molecule has 0 bridgehead atoms. The molecule has 1 heterocycles. The van der Waals surface area contributed by atoms with Crippen LogP contribution in [0.1, 0.15) is 46.9 Å². The molecule has 0 radical (unpaired) electrons. The smallest absolute Gasteiger partial charge is 0.255 e. The minimum Gasteiger partial charge on any atom is -0.385 e. The summed E-state index contributed by atoms with van der Waals surface area (Å²) in [5.74, 6) is 0.228. The van der Waals surface area contributed by atoms with E-state index in [1.807, 2.05) is 67.7 Å². The van der Waals surface area contributed by atoms with E-state index in [-0.39, 0.29) is 5.91 Å². The summed E-state index contributed by atoms with van der Waals surface area (Å²) < 4.78 is 0. The van der Waals surface area contributed by atoms with Crippen molar-refractivity contribution in [1.82, 2.24) is 4.98 Å². The van der Waals surface area contributed by atoms with Gasteiger partial charge in [0.05, 0.1) is 0 Å². The number of benzene rings is 2. The molecule has 3 aromatic rings. The van der Waals surface area contributed by atoms with Crippen molar-refractivity contribution in [3.63, 3.8) is 0 Å². The highest BCUT2D eigenvalue weighted by atomic mass is 16.1. The second-order valence-electron chi connectivity index (χ2n) is 7.27. The van der Waals surface area contributed by atoms with Gasteiger partial charge in [0.2, 0.25) is 0 Å². The standard InChI is InChI=1S/C24H27N3O/c1-17(2)23-16-18(3)7-12-22(23)24(28)27-21-10-8-20(9-11-21)26-15-13-19-6-4-5-14-25-19/h4-12,14,16-17,26H,13,15H2,1-3H3,(H,27,28). The van der Waals surface area contributed by atoms with Gasteiger partial charge in [-0.2, -0.15) is 0 Å². The lowest BCUT2D eigenvalue weighted by molar-refractivity contribution is 0.102. The molecule has 0 unspecified atom stereocenters. The molecule has 2 aromatic carbocycles. The Morgan fingerprint density at radius 2 is 1.75 bits per heavy atom. The number of pyridine rings is 1. The summed E-state index contributed by atoms with van der Waals surface area (Å²) in [5, 5.41) is 6.39. The van der Waals surface area contributed by atoms with E-state index in [2.05, 4.69) is 35.5 Å². The van der Waals surface area contributed by atoms with Gasteiger partial charge in [-0.15, -0.1) is 0 Å². The summed E-state index contributed by atoms with van der Waals surface area (Å²) >= 11 is 0. The first kappa shape index (κ1) is 19.6. The van der Waals surface area contributed by atoms with Crippen LogP contribution in [-0.4, -0.2) is 17.4 Å². The average Bonchev–Trinajstić information content (AvgIpc) is 2.70. The molecule has 1 aromatic heterocycles. The molecule has 144 valence electrons. The van der Waals surface area contributed by atoms with Gasteiger partial charge in [-0.25, -0.2) is 0 Å². The second kappa shape index (κ2) is 9.18. The molecule has 3 rings (SSSR count). The van der Waals surface area contributed by atoms with Crippen LogP contribution in [0.15, 0.2) is 66.9 Å². The first-order valence-electron chi connectivity index (χ1n) is 9.68. The highest BCUT2D eigenvalue weighted by molar-refractivity contribution is 6.05. The molecule has 0 saturated heterocycles. The molecule has 0 aliphatic rings. The molecule has 0 atom stereocenters. The fourth-order valence-corrected chi connectivity index (χ4v) is 3.12. The van der Waals surface area contributed by atoms with E-state index in [0.29, 0.717) is 5.92 Å². The Hall–Kier alpha value is -3.14. The van der Waals surface area contributed by atoms with Gasteiger partial charge in [0.25, 0.3) is 5.91 Å². The maximum absolute atomic E-state index is 12.7. The second-order valence-corrected chi connectivity index (χ2v) is 7.27. The lowest BCUT2D eigenvalue weighted by atomic mass is 9.95. The molecule has 2 N–H and O–H groups in total. The Morgan fingerprint density at radius 3 is 2.43 bits per heavy atom. The fourth-order valence-electron chi connectivity index (χ4n) is 3.12. The molecule has 0 aliphatic carbocycles. The summed E-state index contributed by atoms with van der Waals surface area (Å²) in [7, 11) is 0. The topological polar surface area (TPSA) is 54.0 Å². The van der Waals surface area contributed by atoms with Crippen molar-refractivity contribution < 1.29 is 4.79 Å². The third kappa shape index (κ3) is 5.19. The number of anilines is 2. The van der Waals surface area contributed by atoms with Crippen LogP contribution in [0.4, 0.5) is 11.4 Å². The van der Waals surface area contributed by atoms with Crippen molar-refractivity contribution in [2.24, 2.45) is 0 Å². The quantitative estimate of drug-likeness (QED) is 0.581. The summed E-state index contributed by atoms with van der Waals surface area (Å²) in [6.45, 7) is 7.07. The number of amides is 1. The van der Waals surface area contributed by atoms with E-state index in [1.165, 1.54) is 5.56 Å². The summed E-state index contributed by atoms with van der Waals surface area (Å²) in [4.78, 5) is 17.1. The molecule has 28 heavy (non-hydrogen) atoms. The average molecular weight is 374 g/mol. The maximum atomic E-state index is 12.7. The normalized spacial score (nSPS) is 10.7. The van der Waals surface area contributed by atoms with Crippen molar-refractivity contribution in [3.8, 4) is 0 Å². The first-order chi connectivity index (χ1) is 13.5. The number of carbonyl (C=O) groups excluding carboxylic acids is 1. The lowest BCUT2D eigenvalue weighted by Crippen LogP contribution is -2.15. The van der Waals surface area contributed by atoms with Crippen molar-refractivity contribution in [1.29, 1.82) is 0 Å².